The second-order valence-electron chi connectivity index (χ2n) is 3.85. The molecule has 0 unspecified atom stereocenters. The SMILES string of the molecule is C=C(C)C(=O)OCCC(=O)Oc1cc2ccc1o2. The molecular weight excluding hydrogens is 236 g/mol. The van der Waals surface area contributed by atoms with E-state index in [1.54, 1.807) is 18.2 Å². The van der Waals surface area contributed by atoms with E-state index in [1.165, 1.54) is 6.92 Å². The number of furan rings is 2. The maximum Gasteiger partial charge on any atom is 0.333 e. The topological polar surface area (TPSA) is 65.7 Å². The summed E-state index contributed by atoms with van der Waals surface area (Å²) in [5, 5.41) is 0. The zero-order valence-electron chi connectivity index (χ0n) is 9.89. The third kappa shape index (κ3) is 2.68. The molecule has 2 aromatic heterocycles. The molecule has 0 saturated carbocycles. The highest BCUT2D eigenvalue weighted by Gasteiger charge is 2.13. The Morgan fingerprint density at radius 3 is 2.72 bits per heavy atom. The Balaban J connectivity index is 1.77. The van der Waals surface area contributed by atoms with Gasteiger partial charge in [-0.2, -0.15) is 0 Å². The highest BCUT2D eigenvalue weighted by Crippen LogP contribution is 2.29. The van der Waals surface area contributed by atoms with Crippen LogP contribution >= 0.6 is 0 Å². The molecule has 94 valence electrons. The molecule has 0 fully saturated rings. The van der Waals surface area contributed by atoms with E-state index in [0.29, 0.717) is 22.5 Å². The predicted molar refractivity (Wildman–Crippen MR) is 63.4 cm³/mol. The van der Waals surface area contributed by atoms with Gasteiger partial charge in [-0.1, -0.05) is 6.58 Å². The third-order valence-corrected chi connectivity index (χ3v) is 2.25. The Labute approximate surface area is 103 Å². The van der Waals surface area contributed by atoms with E-state index < -0.39 is 11.9 Å². The minimum atomic E-state index is -0.516. The quantitative estimate of drug-likeness (QED) is 0.461. The molecule has 2 rings (SSSR count). The van der Waals surface area contributed by atoms with Gasteiger partial charge < -0.3 is 13.9 Å². The van der Waals surface area contributed by atoms with Crippen LogP contribution in [0, 0.1) is 0 Å². The van der Waals surface area contributed by atoms with E-state index in [4.69, 9.17) is 13.9 Å². The standard InChI is InChI=1S/C13H12O5/c1-8(2)13(15)16-6-5-12(14)18-11-7-9-3-4-10(11)17-9/h3-4,7H,1,5-6H2,2H3. The highest BCUT2D eigenvalue weighted by atomic mass is 16.6. The number of hydrogen-bond donors (Lipinski definition) is 0. The van der Waals surface area contributed by atoms with Gasteiger partial charge in [-0.3, -0.25) is 4.79 Å². The van der Waals surface area contributed by atoms with E-state index in [0.717, 1.165) is 0 Å². The van der Waals surface area contributed by atoms with Crippen LogP contribution in [-0.4, -0.2) is 18.5 Å². The number of carbonyl (C=O) groups is 2. The molecule has 2 aromatic rings. The number of ether oxygens (including phenoxy) is 2. The van der Waals surface area contributed by atoms with Gasteiger partial charge in [0.25, 0.3) is 0 Å². The van der Waals surface area contributed by atoms with Crippen LogP contribution < -0.4 is 4.74 Å². The fourth-order valence-electron chi connectivity index (χ4n) is 1.37. The first-order valence-corrected chi connectivity index (χ1v) is 5.41. The smallest absolute Gasteiger partial charge is 0.333 e. The second-order valence-corrected chi connectivity index (χ2v) is 3.85. The molecule has 5 heteroatoms. The van der Waals surface area contributed by atoms with Crippen LogP contribution in [0.4, 0.5) is 0 Å². The van der Waals surface area contributed by atoms with Crippen LogP contribution in [0.5, 0.6) is 5.75 Å². The molecule has 0 atom stereocenters. The molecule has 0 radical (unpaired) electrons. The average Bonchev–Trinajstić information content (AvgIpc) is 2.90. The van der Waals surface area contributed by atoms with Gasteiger partial charge in [0, 0.05) is 11.6 Å². The summed E-state index contributed by atoms with van der Waals surface area (Å²) in [6, 6.07) is 5.13. The number of benzene rings is 1. The van der Waals surface area contributed by atoms with Crippen molar-refractivity contribution in [1.82, 2.24) is 0 Å². The number of rotatable bonds is 5. The zero-order valence-corrected chi connectivity index (χ0v) is 9.89. The minimum Gasteiger partial charge on any atom is -0.462 e. The van der Waals surface area contributed by atoms with Gasteiger partial charge in [-0.15, -0.1) is 0 Å². The third-order valence-electron chi connectivity index (χ3n) is 2.25. The molecule has 5 nitrogen and oxygen atoms in total. The largest absolute Gasteiger partial charge is 0.462 e. The molecule has 0 amide bonds. The Hall–Kier alpha value is -2.30. The minimum absolute atomic E-state index is 0.0112. The summed E-state index contributed by atoms with van der Waals surface area (Å²) in [4.78, 5) is 22.5. The summed E-state index contributed by atoms with van der Waals surface area (Å²) in [7, 11) is 0. The Bertz CT molecular complexity index is 580. The van der Waals surface area contributed by atoms with Gasteiger partial charge in [-0.05, 0) is 19.1 Å². The molecule has 0 aliphatic carbocycles. The van der Waals surface area contributed by atoms with Crippen molar-refractivity contribution in [2.75, 3.05) is 6.61 Å². The molecule has 0 saturated heterocycles. The second kappa shape index (κ2) is 4.91. The van der Waals surface area contributed by atoms with Crippen LogP contribution in [0.2, 0.25) is 0 Å². The molecule has 2 bridgehead atoms. The first-order chi connectivity index (χ1) is 8.56. The summed E-state index contributed by atoms with van der Waals surface area (Å²) < 4.78 is 15.1. The Morgan fingerprint density at radius 2 is 2.17 bits per heavy atom. The van der Waals surface area contributed by atoms with Crippen molar-refractivity contribution in [3.05, 3.63) is 30.4 Å². The zero-order chi connectivity index (χ0) is 13.1. The van der Waals surface area contributed by atoms with Gasteiger partial charge in [0.2, 0.25) is 0 Å². The van der Waals surface area contributed by atoms with E-state index >= 15 is 0 Å². The normalized spacial score (nSPS) is 10.5. The lowest BCUT2D eigenvalue weighted by Crippen LogP contribution is -2.14. The molecule has 2 heterocycles. The monoisotopic (exact) mass is 248 g/mol. The van der Waals surface area contributed by atoms with E-state index in [2.05, 4.69) is 6.58 Å². The number of carbonyl (C=O) groups excluding carboxylic acids is 2. The van der Waals surface area contributed by atoms with E-state index in [9.17, 15) is 9.59 Å². The number of fused-ring (bicyclic) bond motifs is 2. The van der Waals surface area contributed by atoms with Crippen LogP contribution in [-0.2, 0) is 14.3 Å². The van der Waals surface area contributed by atoms with E-state index in [-0.39, 0.29) is 13.0 Å². The first kappa shape index (κ1) is 12.2. The summed E-state index contributed by atoms with van der Waals surface area (Å²) in [5.41, 5.74) is 1.48. The lowest BCUT2D eigenvalue weighted by molar-refractivity contribution is -0.142. The van der Waals surface area contributed by atoms with Crippen molar-refractivity contribution in [2.24, 2.45) is 0 Å². The fourth-order valence-corrected chi connectivity index (χ4v) is 1.37. The van der Waals surface area contributed by atoms with Gasteiger partial charge >= 0.3 is 11.9 Å². The van der Waals surface area contributed by atoms with Crippen molar-refractivity contribution < 1.29 is 23.5 Å². The predicted octanol–water partition coefficient (Wildman–Crippen LogP) is 2.29. The van der Waals surface area contributed by atoms with Crippen molar-refractivity contribution in [3.63, 3.8) is 0 Å². The number of esters is 2. The van der Waals surface area contributed by atoms with Crippen LogP contribution in [0.15, 0.2) is 34.8 Å². The van der Waals surface area contributed by atoms with Crippen LogP contribution in [0.25, 0.3) is 11.2 Å². The summed E-state index contributed by atoms with van der Waals surface area (Å²) in [5.74, 6) is -0.602. The lowest BCUT2D eigenvalue weighted by atomic mass is 10.3. The first-order valence-electron chi connectivity index (χ1n) is 5.41. The maximum atomic E-state index is 11.4. The Kier molecular flexibility index (Phi) is 3.32. The average molecular weight is 248 g/mol. The fraction of sp³-hybridized carbons (Fsp3) is 0.231. The highest BCUT2D eigenvalue weighted by molar-refractivity contribution is 5.87. The summed E-state index contributed by atoms with van der Waals surface area (Å²) >= 11 is 0. The number of hydrogen-bond acceptors (Lipinski definition) is 5. The molecule has 0 aliphatic heterocycles. The van der Waals surface area contributed by atoms with Crippen molar-refractivity contribution in [2.45, 2.75) is 13.3 Å². The molecule has 0 aromatic carbocycles. The molecule has 18 heavy (non-hydrogen) atoms. The molecular formula is C13H12O5. The van der Waals surface area contributed by atoms with Gasteiger partial charge in [0.1, 0.15) is 12.2 Å². The Morgan fingerprint density at radius 1 is 1.39 bits per heavy atom. The van der Waals surface area contributed by atoms with Crippen LogP contribution in [0.3, 0.4) is 0 Å². The van der Waals surface area contributed by atoms with Crippen molar-refractivity contribution >= 4 is 23.1 Å². The van der Waals surface area contributed by atoms with Crippen LogP contribution in [0.1, 0.15) is 13.3 Å². The van der Waals surface area contributed by atoms with E-state index in [1.807, 2.05) is 0 Å². The molecule has 0 spiro atoms. The lowest BCUT2D eigenvalue weighted by Gasteiger charge is -2.04. The van der Waals surface area contributed by atoms with Crippen molar-refractivity contribution in [1.29, 1.82) is 0 Å². The molecule has 0 N–H and O–H groups in total. The van der Waals surface area contributed by atoms with Gasteiger partial charge in [0.05, 0.1) is 6.42 Å². The molecule has 0 aliphatic rings. The van der Waals surface area contributed by atoms with Gasteiger partial charge in [0.15, 0.2) is 11.3 Å². The maximum absolute atomic E-state index is 11.4. The summed E-state index contributed by atoms with van der Waals surface area (Å²) in [6.45, 7) is 4.94. The summed E-state index contributed by atoms with van der Waals surface area (Å²) in [6.07, 6.45) is -0.0112. The van der Waals surface area contributed by atoms with Crippen molar-refractivity contribution in [3.8, 4) is 5.75 Å². The van der Waals surface area contributed by atoms with Gasteiger partial charge in [-0.25, -0.2) is 4.79 Å².